The van der Waals surface area contributed by atoms with Crippen LogP contribution in [-0.2, 0) is 9.47 Å². The maximum Gasteiger partial charge on any atom is 0.412 e. The van der Waals surface area contributed by atoms with E-state index in [1.54, 1.807) is 40.1 Å². The van der Waals surface area contributed by atoms with E-state index in [0.29, 0.717) is 4.88 Å². The molecule has 0 saturated carbocycles. The predicted octanol–water partition coefficient (Wildman–Crippen LogP) is 6.34. The van der Waals surface area contributed by atoms with E-state index >= 15 is 0 Å². The zero-order chi connectivity index (χ0) is 24.6. The Balaban J connectivity index is 1.95. The largest absolute Gasteiger partial charge is 0.483 e. The summed E-state index contributed by atoms with van der Waals surface area (Å²) in [6, 6.07) is 3.74. The fraction of sp³-hybridized carbons (Fsp3) is 0.500. The Morgan fingerprint density at radius 3 is 2.73 bits per heavy atom. The number of aromatic nitrogens is 1. The maximum absolute atomic E-state index is 13.9. The molecule has 1 aromatic heterocycles. The van der Waals surface area contributed by atoms with E-state index in [1.807, 2.05) is 6.07 Å². The summed E-state index contributed by atoms with van der Waals surface area (Å²) < 4.78 is 31.5. The highest BCUT2D eigenvalue weighted by Gasteiger charge is 2.47. The molecule has 178 valence electrons. The fourth-order valence-corrected chi connectivity index (χ4v) is 4.74. The minimum Gasteiger partial charge on any atom is -0.483 e. The highest BCUT2D eigenvalue weighted by molar-refractivity contribution is 7.10. The molecule has 1 saturated heterocycles. The van der Waals surface area contributed by atoms with E-state index in [1.165, 1.54) is 22.3 Å². The number of amides is 1. The summed E-state index contributed by atoms with van der Waals surface area (Å²) in [4.78, 5) is 19.2. The standard InChI is InChI=1S/C22H24Cl2FN3O4S/c1-21(2,3)32-20(29)28-13(10-30-22(28,4)5)7-17(18-19(24)27-11-33-18)31-16-8-14(23)15(25)6-12(16)9-26/h6,8,11,13,17H,7,10H2,1-5H3/t13-,17+/m0/s1. The third-order valence-electron chi connectivity index (χ3n) is 4.90. The van der Waals surface area contributed by atoms with Crippen LogP contribution in [0.15, 0.2) is 17.6 Å². The van der Waals surface area contributed by atoms with Crippen molar-refractivity contribution >= 4 is 40.6 Å². The van der Waals surface area contributed by atoms with E-state index in [9.17, 15) is 14.4 Å². The lowest BCUT2D eigenvalue weighted by molar-refractivity contribution is -0.0635. The number of nitriles is 1. The number of thiazole rings is 1. The molecule has 0 aliphatic carbocycles. The van der Waals surface area contributed by atoms with Crippen LogP contribution in [0.5, 0.6) is 5.75 Å². The Bertz CT molecular complexity index is 1080. The van der Waals surface area contributed by atoms with Gasteiger partial charge in [0.15, 0.2) is 0 Å². The van der Waals surface area contributed by atoms with Crippen molar-refractivity contribution in [1.29, 1.82) is 5.26 Å². The molecule has 33 heavy (non-hydrogen) atoms. The number of rotatable bonds is 5. The van der Waals surface area contributed by atoms with Crippen LogP contribution in [0.1, 0.15) is 57.6 Å². The molecule has 7 nitrogen and oxygen atoms in total. The molecule has 0 bridgehead atoms. The van der Waals surface area contributed by atoms with Gasteiger partial charge in [0.2, 0.25) is 0 Å². The molecule has 3 rings (SSSR count). The SMILES string of the molecule is CC(C)(C)OC(=O)N1[C@@H](C[C@@H](Oc2cc(Cl)c(F)cc2C#N)c2scnc2Cl)COC1(C)C. The van der Waals surface area contributed by atoms with Gasteiger partial charge in [-0.2, -0.15) is 5.26 Å². The van der Waals surface area contributed by atoms with Gasteiger partial charge in [-0.25, -0.2) is 14.2 Å². The minimum absolute atomic E-state index is 0.0189. The van der Waals surface area contributed by atoms with Crippen molar-refractivity contribution in [2.75, 3.05) is 6.61 Å². The van der Waals surface area contributed by atoms with Crippen molar-refractivity contribution in [1.82, 2.24) is 9.88 Å². The van der Waals surface area contributed by atoms with Crippen molar-refractivity contribution in [3.63, 3.8) is 0 Å². The Kier molecular flexibility index (Phi) is 7.44. The number of hydrogen-bond donors (Lipinski definition) is 0. The van der Waals surface area contributed by atoms with Crippen LogP contribution in [0.25, 0.3) is 0 Å². The molecule has 0 spiro atoms. The Labute approximate surface area is 206 Å². The number of carbonyl (C=O) groups excluding carboxylic acids is 1. The summed E-state index contributed by atoms with van der Waals surface area (Å²) in [5.74, 6) is -0.629. The number of carbonyl (C=O) groups is 1. The molecule has 1 aromatic carbocycles. The van der Waals surface area contributed by atoms with E-state index in [-0.39, 0.29) is 34.5 Å². The first kappa shape index (κ1) is 25.5. The number of ether oxygens (including phenoxy) is 3. The zero-order valence-electron chi connectivity index (χ0n) is 18.8. The Hall–Kier alpha value is -2.12. The van der Waals surface area contributed by atoms with Gasteiger partial charge in [-0.1, -0.05) is 23.2 Å². The monoisotopic (exact) mass is 515 g/mol. The van der Waals surface area contributed by atoms with Crippen LogP contribution in [0, 0.1) is 17.1 Å². The Morgan fingerprint density at radius 1 is 1.45 bits per heavy atom. The van der Waals surface area contributed by atoms with Crippen molar-refractivity contribution < 1.29 is 23.4 Å². The second kappa shape index (κ2) is 9.63. The van der Waals surface area contributed by atoms with Crippen molar-refractivity contribution in [3.05, 3.63) is 44.1 Å². The number of hydrogen-bond acceptors (Lipinski definition) is 7. The van der Waals surface area contributed by atoms with Crippen molar-refractivity contribution in [2.24, 2.45) is 0 Å². The predicted molar refractivity (Wildman–Crippen MR) is 123 cm³/mol. The summed E-state index contributed by atoms with van der Waals surface area (Å²) in [6.45, 7) is 9.15. The first-order valence-corrected chi connectivity index (χ1v) is 11.8. The molecule has 0 N–H and O–H groups in total. The summed E-state index contributed by atoms with van der Waals surface area (Å²) in [5.41, 5.74) is -0.0533. The van der Waals surface area contributed by atoms with Gasteiger partial charge >= 0.3 is 6.09 Å². The average Bonchev–Trinajstić information content (AvgIpc) is 3.24. The summed E-state index contributed by atoms with van der Waals surface area (Å²) in [7, 11) is 0. The third-order valence-corrected chi connectivity index (χ3v) is 6.53. The van der Waals surface area contributed by atoms with Gasteiger partial charge in [-0.3, -0.25) is 4.90 Å². The lowest BCUT2D eigenvalue weighted by atomic mass is 10.1. The normalized spacial score (nSPS) is 18.6. The first-order valence-electron chi connectivity index (χ1n) is 10.1. The van der Waals surface area contributed by atoms with Crippen molar-refractivity contribution in [2.45, 2.75) is 64.5 Å². The summed E-state index contributed by atoms with van der Waals surface area (Å²) in [5, 5.41) is 9.50. The third kappa shape index (κ3) is 5.87. The summed E-state index contributed by atoms with van der Waals surface area (Å²) >= 11 is 13.5. The second-order valence-electron chi connectivity index (χ2n) is 8.99. The van der Waals surface area contributed by atoms with Gasteiger partial charge in [0.1, 0.15) is 40.2 Å². The van der Waals surface area contributed by atoms with E-state index in [2.05, 4.69) is 4.98 Å². The quantitative estimate of drug-likeness (QED) is 0.461. The molecule has 2 aromatic rings. The molecule has 1 amide bonds. The van der Waals surface area contributed by atoms with Gasteiger partial charge in [0, 0.05) is 12.5 Å². The smallest absolute Gasteiger partial charge is 0.412 e. The van der Waals surface area contributed by atoms with Gasteiger partial charge in [0.25, 0.3) is 0 Å². The lowest BCUT2D eigenvalue weighted by Gasteiger charge is -2.36. The lowest BCUT2D eigenvalue weighted by Crippen LogP contribution is -2.50. The van der Waals surface area contributed by atoms with E-state index in [0.717, 1.165) is 6.07 Å². The van der Waals surface area contributed by atoms with Crippen LogP contribution in [0.2, 0.25) is 10.2 Å². The molecular formula is C22H24Cl2FN3O4S. The van der Waals surface area contributed by atoms with Gasteiger partial charge in [-0.05, 0) is 40.7 Å². The molecule has 2 atom stereocenters. The molecule has 0 radical (unpaired) electrons. The molecular weight excluding hydrogens is 492 g/mol. The summed E-state index contributed by atoms with van der Waals surface area (Å²) in [6.07, 6.45) is -0.984. The Morgan fingerprint density at radius 2 is 2.15 bits per heavy atom. The van der Waals surface area contributed by atoms with Crippen LogP contribution in [0.3, 0.4) is 0 Å². The van der Waals surface area contributed by atoms with Crippen LogP contribution < -0.4 is 4.74 Å². The van der Waals surface area contributed by atoms with Crippen molar-refractivity contribution in [3.8, 4) is 11.8 Å². The molecule has 1 aliphatic heterocycles. The van der Waals surface area contributed by atoms with Gasteiger partial charge < -0.3 is 14.2 Å². The fourth-order valence-electron chi connectivity index (χ4n) is 3.51. The van der Waals surface area contributed by atoms with E-state index in [4.69, 9.17) is 37.4 Å². The number of halogens is 3. The minimum atomic E-state index is -0.911. The molecule has 0 unspecified atom stereocenters. The van der Waals surface area contributed by atoms with Crippen LogP contribution in [-0.4, -0.2) is 40.0 Å². The highest BCUT2D eigenvalue weighted by Crippen LogP contribution is 2.40. The second-order valence-corrected chi connectivity index (χ2v) is 10.6. The van der Waals surface area contributed by atoms with Gasteiger partial charge in [0.05, 0.1) is 33.6 Å². The molecule has 11 heteroatoms. The molecule has 1 fully saturated rings. The molecule has 2 heterocycles. The molecule has 1 aliphatic rings. The van der Waals surface area contributed by atoms with E-state index < -0.39 is 35.4 Å². The number of nitrogens with zero attached hydrogens (tertiary/aromatic N) is 3. The topological polar surface area (TPSA) is 84.7 Å². The zero-order valence-corrected chi connectivity index (χ0v) is 21.1. The van der Waals surface area contributed by atoms with Crippen LogP contribution in [0.4, 0.5) is 9.18 Å². The number of benzene rings is 1. The maximum atomic E-state index is 13.9. The van der Waals surface area contributed by atoms with Gasteiger partial charge in [-0.15, -0.1) is 11.3 Å². The highest BCUT2D eigenvalue weighted by atomic mass is 35.5. The van der Waals surface area contributed by atoms with Crippen LogP contribution >= 0.6 is 34.5 Å². The first-order chi connectivity index (χ1) is 15.3. The average molecular weight is 516 g/mol.